The summed E-state index contributed by atoms with van der Waals surface area (Å²) >= 11 is 0. The number of para-hydroxylation sites is 1. The molecular formula is C34H45N5O8S2. The molecule has 1 fully saturated rings. The average Bonchev–Trinajstić information content (AvgIpc) is 3.51. The molecule has 2 aromatic heterocycles. The zero-order valence-electron chi connectivity index (χ0n) is 28.4. The zero-order valence-corrected chi connectivity index (χ0v) is 30.1. The SMILES string of the molecule is CCCCCCC(C(C)OS(C)(=O)=O)n1cnc2c(=O)[nH]c(-c3cc(S(=O)(=O)N4CCOCC4)ccc3-c3ccccc3OCCC)nc21. The summed E-state index contributed by atoms with van der Waals surface area (Å²) in [7, 11) is -7.70. The topological polar surface area (TPSA) is 163 Å². The van der Waals surface area contributed by atoms with E-state index in [0.717, 1.165) is 38.4 Å². The maximum absolute atomic E-state index is 13.8. The zero-order chi connectivity index (χ0) is 35.2. The highest BCUT2D eigenvalue weighted by molar-refractivity contribution is 7.89. The third-order valence-electron chi connectivity index (χ3n) is 8.50. The van der Waals surface area contributed by atoms with Crippen LogP contribution in [0.1, 0.15) is 65.3 Å². The van der Waals surface area contributed by atoms with Gasteiger partial charge < -0.3 is 19.0 Å². The standard InChI is InChI=1S/C34H45N5O8S2/c1-5-7-8-9-13-29(24(3)47-48(4,41)42)39-23-35-31-33(39)36-32(37-34(31)40)28-22-25(49(43,44)38-17-20-45-21-18-38)15-16-26(28)27-12-10-11-14-30(27)46-19-6-2/h10-12,14-16,22-24,29H,5-9,13,17-21H2,1-4H3,(H,36,37,40). The molecule has 3 heterocycles. The first kappa shape index (κ1) is 36.6. The van der Waals surface area contributed by atoms with Crippen molar-refractivity contribution in [1.29, 1.82) is 0 Å². The number of hydrogen-bond donors (Lipinski definition) is 1. The highest BCUT2D eigenvalue weighted by Crippen LogP contribution is 2.38. The van der Waals surface area contributed by atoms with Crippen LogP contribution in [0.2, 0.25) is 0 Å². The van der Waals surface area contributed by atoms with E-state index in [0.29, 0.717) is 48.7 Å². The number of hydrogen-bond acceptors (Lipinski definition) is 10. The minimum absolute atomic E-state index is 0.0420. The van der Waals surface area contributed by atoms with Gasteiger partial charge in [-0.1, -0.05) is 63.8 Å². The van der Waals surface area contributed by atoms with E-state index in [2.05, 4.69) is 16.9 Å². The van der Waals surface area contributed by atoms with Crippen LogP contribution < -0.4 is 10.3 Å². The van der Waals surface area contributed by atoms with Crippen molar-refractivity contribution in [3.63, 3.8) is 0 Å². The Morgan fingerprint density at radius 2 is 1.71 bits per heavy atom. The molecule has 4 aromatic rings. The molecule has 2 aromatic carbocycles. The summed E-state index contributed by atoms with van der Waals surface area (Å²) in [6.45, 7) is 7.30. The summed E-state index contributed by atoms with van der Waals surface area (Å²) in [6.07, 6.45) is 6.85. The van der Waals surface area contributed by atoms with Crippen molar-refractivity contribution in [3.05, 3.63) is 59.1 Å². The molecule has 0 amide bonds. The number of fused-ring (bicyclic) bond motifs is 1. The Labute approximate surface area is 287 Å². The van der Waals surface area contributed by atoms with Gasteiger partial charge in [-0.25, -0.2) is 18.4 Å². The number of H-pyrrole nitrogens is 1. The fourth-order valence-corrected chi connectivity index (χ4v) is 8.21. The van der Waals surface area contributed by atoms with Crippen LogP contribution in [-0.2, 0) is 29.1 Å². The van der Waals surface area contributed by atoms with Crippen molar-refractivity contribution in [2.24, 2.45) is 0 Å². The van der Waals surface area contributed by atoms with Crippen LogP contribution in [0.3, 0.4) is 0 Å². The van der Waals surface area contributed by atoms with Gasteiger partial charge in [-0.15, -0.1) is 0 Å². The van der Waals surface area contributed by atoms with Gasteiger partial charge in [-0.3, -0.25) is 8.98 Å². The second kappa shape index (κ2) is 15.9. The lowest BCUT2D eigenvalue weighted by atomic mass is 9.98. The highest BCUT2D eigenvalue weighted by atomic mass is 32.2. The molecule has 266 valence electrons. The van der Waals surface area contributed by atoms with E-state index >= 15 is 0 Å². The number of sulfonamides is 1. The van der Waals surface area contributed by atoms with E-state index in [1.165, 1.54) is 16.7 Å². The van der Waals surface area contributed by atoms with E-state index in [4.69, 9.17) is 18.6 Å². The minimum atomic E-state index is -3.91. The Balaban J connectivity index is 1.70. The Morgan fingerprint density at radius 1 is 0.959 bits per heavy atom. The summed E-state index contributed by atoms with van der Waals surface area (Å²) in [5, 5.41) is 0. The predicted octanol–water partition coefficient (Wildman–Crippen LogP) is 5.14. The number of aromatic amines is 1. The lowest BCUT2D eigenvalue weighted by molar-refractivity contribution is 0.0730. The van der Waals surface area contributed by atoms with Crippen LogP contribution in [0, 0.1) is 0 Å². The maximum Gasteiger partial charge on any atom is 0.279 e. The fourth-order valence-electron chi connectivity index (χ4n) is 6.09. The third-order valence-corrected chi connectivity index (χ3v) is 11.1. The molecule has 5 rings (SSSR count). The molecule has 0 spiro atoms. The Kier molecular flexibility index (Phi) is 11.9. The molecule has 0 radical (unpaired) electrons. The van der Waals surface area contributed by atoms with Crippen LogP contribution in [-0.4, -0.2) is 85.9 Å². The van der Waals surface area contributed by atoms with Crippen molar-refractivity contribution in [2.75, 3.05) is 39.2 Å². The second-order valence-electron chi connectivity index (χ2n) is 12.2. The smallest absolute Gasteiger partial charge is 0.279 e. The number of aromatic nitrogens is 4. The van der Waals surface area contributed by atoms with Gasteiger partial charge in [0, 0.05) is 24.2 Å². The Hall–Kier alpha value is -3.63. The molecule has 0 aliphatic carbocycles. The van der Waals surface area contributed by atoms with Gasteiger partial charge in [-0.05, 0) is 43.5 Å². The van der Waals surface area contributed by atoms with Gasteiger partial charge in [0.1, 0.15) is 11.6 Å². The van der Waals surface area contributed by atoms with E-state index in [1.807, 2.05) is 31.2 Å². The number of rotatable bonds is 16. The van der Waals surface area contributed by atoms with Crippen molar-refractivity contribution < 1.29 is 30.5 Å². The minimum Gasteiger partial charge on any atom is -0.493 e. The number of benzene rings is 2. The molecule has 49 heavy (non-hydrogen) atoms. The van der Waals surface area contributed by atoms with Crippen LogP contribution in [0.5, 0.6) is 5.75 Å². The molecule has 2 atom stereocenters. The van der Waals surface area contributed by atoms with E-state index in [-0.39, 0.29) is 35.0 Å². The monoisotopic (exact) mass is 715 g/mol. The molecule has 2 unspecified atom stereocenters. The molecule has 1 N–H and O–H groups in total. The lowest BCUT2D eigenvalue weighted by Crippen LogP contribution is -2.40. The molecule has 1 aliphatic heterocycles. The largest absolute Gasteiger partial charge is 0.493 e. The first-order chi connectivity index (χ1) is 23.4. The molecule has 1 saturated heterocycles. The first-order valence-electron chi connectivity index (χ1n) is 16.7. The van der Waals surface area contributed by atoms with Gasteiger partial charge >= 0.3 is 0 Å². The normalized spacial score (nSPS) is 15.8. The molecular weight excluding hydrogens is 671 g/mol. The summed E-state index contributed by atoms with van der Waals surface area (Å²) in [5.74, 6) is 0.724. The van der Waals surface area contributed by atoms with E-state index in [9.17, 15) is 21.6 Å². The Bertz CT molecular complexity index is 2020. The average molecular weight is 716 g/mol. The summed E-state index contributed by atoms with van der Waals surface area (Å²) < 4.78 is 71.9. The van der Waals surface area contributed by atoms with E-state index < -0.39 is 37.8 Å². The van der Waals surface area contributed by atoms with Gasteiger partial charge in [0.15, 0.2) is 11.2 Å². The van der Waals surface area contributed by atoms with Crippen molar-refractivity contribution in [2.45, 2.75) is 76.3 Å². The molecule has 1 aliphatic rings. The number of morpholine rings is 1. The molecule has 0 bridgehead atoms. The maximum atomic E-state index is 13.8. The molecule has 0 saturated carbocycles. The van der Waals surface area contributed by atoms with Crippen LogP contribution >= 0.6 is 0 Å². The lowest BCUT2D eigenvalue weighted by Gasteiger charge is -2.26. The number of ether oxygens (including phenoxy) is 2. The number of unbranched alkanes of at least 4 members (excludes halogenated alkanes) is 3. The Morgan fingerprint density at radius 3 is 2.43 bits per heavy atom. The molecule has 13 nitrogen and oxygen atoms in total. The van der Waals surface area contributed by atoms with Gasteiger partial charge in [-0.2, -0.15) is 12.7 Å². The van der Waals surface area contributed by atoms with Gasteiger partial charge in [0.05, 0.1) is 49.4 Å². The number of nitrogens with one attached hydrogen (secondary N) is 1. The number of imidazole rings is 1. The van der Waals surface area contributed by atoms with Gasteiger partial charge in [0.25, 0.3) is 15.7 Å². The summed E-state index contributed by atoms with van der Waals surface area (Å²) in [4.78, 5) is 25.8. The number of nitrogens with zero attached hydrogens (tertiary/aromatic N) is 4. The van der Waals surface area contributed by atoms with Crippen LogP contribution in [0.25, 0.3) is 33.7 Å². The van der Waals surface area contributed by atoms with Gasteiger partial charge in [0.2, 0.25) is 10.0 Å². The molecule has 15 heteroatoms. The third kappa shape index (κ3) is 8.58. The summed E-state index contributed by atoms with van der Waals surface area (Å²) in [5.41, 5.74) is 1.44. The van der Waals surface area contributed by atoms with E-state index in [1.54, 1.807) is 23.6 Å². The second-order valence-corrected chi connectivity index (χ2v) is 15.8. The van der Waals surface area contributed by atoms with Crippen molar-refractivity contribution in [3.8, 4) is 28.3 Å². The quantitative estimate of drug-likeness (QED) is 0.121. The fraction of sp³-hybridized carbons (Fsp3) is 0.500. The summed E-state index contributed by atoms with van der Waals surface area (Å²) in [6, 6.07) is 11.7. The van der Waals surface area contributed by atoms with Crippen molar-refractivity contribution in [1.82, 2.24) is 23.8 Å². The van der Waals surface area contributed by atoms with Crippen LogP contribution in [0.15, 0.2) is 58.5 Å². The van der Waals surface area contributed by atoms with Crippen molar-refractivity contribution >= 4 is 31.3 Å². The predicted molar refractivity (Wildman–Crippen MR) is 188 cm³/mol. The highest BCUT2D eigenvalue weighted by Gasteiger charge is 2.30. The first-order valence-corrected chi connectivity index (χ1v) is 20.0. The van der Waals surface area contributed by atoms with Crippen LogP contribution in [0.4, 0.5) is 0 Å².